The highest BCUT2D eigenvalue weighted by atomic mass is 19.1. The van der Waals surface area contributed by atoms with E-state index in [0.29, 0.717) is 25.1 Å². The van der Waals surface area contributed by atoms with Crippen LogP contribution in [0.3, 0.4) is 0 Å². The van der Waals surface area contributed by atoms with Gasteiger partial charge in [-0.2, -0.15) is 5.26 Å². The smallest absolute Gasteiger partial charge is 0.314 e. The quantitative estimate of drug-likeness (QED) is 0.184. The van der Waals surface area contributed by atoms with Crippen molar-refractivity contribution < 1.29 is 29.1 Å². The Morgan fingerprint density at radius 2 is 2.16 bits per heavy atom. The molecular formula is C20H19FN4O6. The SMILES string of the molecule is CN(CC#CC1CCCN(C)C1=O)C(=O)/C(C#N)=C(\O)c1cc(F)c(O)c([N+](=O)[O-])c1. The van der Waals surface area contributed by atoms with E-state index in [1.807, 2.05) is 0 Å². The molecular weight excluding hydrogens is 411 g/mol. The van der Waals surface area contributed by atoms with Crippen molar-refractivity contribution in [3.63, 3.8) is 0 Å². The molecule has 0 aliphatic carbocycles. The fourth-order valence-electron chi connectivity index (χ4n) is 2.92. The average Bonchev–Trinajstić information content (AvgIpc) is 2.72. The van der Waals surface area contributed by atoms with Crippen LogP contribution in [0.5, 0.6) is 5.75 Å². The topological polar surface area (TPSA) is 148 Å². The summed E-state index contributed by atoms with van der Waals surface area (Å²) in [5.74, 6) is 0.307. The van der Waals surface area contributed by atoms with Crippen LogP contribution >= 0.6 is 0 Å². The van der Waals surface area contributed by atoms with Gasteiger partial charge in [0.05, 0.1) is 17.4 Å². The van der Waals surface area contributed by atoms with Gasteiger partial charge in [0.2, 0.25) is 11.7 Å². The Balaban J connectivity index is 2.26. The van der Waals surface area contributed by atoms with Crippen LogP contribution in [0.4, 0.5) is 10.1 Å². The molecule has 0 spiro atoms. The summed E-state index contributed by atoms with van der Waals surface area (Å²) >= 11 is 0. The summed E-state index contributed by atoms with van der Waals surface area (Å²) < 4.78 is 13.8. The molecule has 1 aliphatic rings. The first-order chi connectivity index (χ1) is 14.6. The van der Waals surface area contributed by atoms with Crippen LogP contribution in [0.1, 0.15) is 18.4 Å². The van der Waals surface area contributed by atoms with E-state index < -0.39 is 50.9 Å². The number of hydrogen-bond donors (Lipinski definition) is 2. The largest absolute Gasteiger partial charge is 0.506 e. The van der Waals surface area contributed by atoms with Crippen molar-refractivity contribution in [1.29, 1.82) is 5.26 Å². The second-order valence-electron chi connectivity index (χ2n) is 6.86. The average molecular weight is 430 g/mol. The van der Waals surface area contributed by atoms with Crippen LogP contribution in [-0.4, -0.2) is 63.9 Å². The number of amides is 2. The minimum Gasteiger partial charge on any atom is -0.506 e. The van der Waals surface area contributed by atoms with Gasteiger partial charge >= 0.3 is 5.69 Å². The molecule has 0 bridgehead atoms. The predicted octanol–water partition coefficient (Wildman–Crippen LogP) is 1.56. The Labute approximate surface area is 176 Å². The van der Waals surface area contributed by atoms with Gasteiger partial charge in [-0.3, -0.25) is 19.7 Å². The Bertz CT molecular complexity index is 1070. The van der Waals surface area contributed by atoms with Crippen LogP contribution in [-0.2, 0) is 9.59 Å². The number of likely N-dealkylation sites (N-methyl/N-ethyl adjacent to an activating group) is 1. The molecule has 1 atom stereocenters. The highest BCUT2D eigenvalue weighted by Gasteiger charge is 2.26. The fourth-order valence-corrected chi connectivity index (χ4v) is 2.92. The van der Waals surface area contributed by atoms with Gasteiger partial charge in [-0.05, 0) is 18.9 Å². The Kier molecular flexibility index (Phi) is 7.16. The number of likely N-dealkylation sites (tertiary alicyclic amines) is 1. The van der Waals surface area contributed by atoms with E-state index in [2.05, 4.69) is 11.8 Å². The Hall–Kier alpha value is -4.12. The maximum atomic E-state index is 13.8. The van der Waals surface area contributed by atoms with Crippen molar-refractivity contribution in [2.24, 2.45) is 5.92 Å². The summed E-state index contributed by atoms with van der Waals surface area (Å²) in [7, 11) is 2.98. The van der Waals surface area contributed by atoms with Gasteiger partial charge < -0.3 is 20.0 Å². The number of aromatic hydroxyl groups is 1. The molecule has 1 aromatic carbocycles. The molecule has 1 fully saturated rings. The van der Waals surface area contributed by atoms with E-state index in [9.17, 15) is 39.6 Å². The van der Waals surface area contributed by atoms with Crippen LogP contribution in [0.15, 0.2) is 17.7 Å². The molecule has 2 N–H and O–H groups in total. The van der Waals surface area contributed by atoms with E-state index in [1.54, 1.807) is 11.9 Å². The first kappa shape index (κ1) is 23.2. The number of carbonyl (C=O) groups excluding carboxylic acids is 2. The van der Waals surface area contributed by atoms with E-state index >= 15 is 0 Å². The normalized spacial score (nSPS) is 16.5. The molecule has 162 valence electrons. The first-order valence-electron chi connectivity index (χ1n) is 9.07. The van der Waals surface area contributed by atoms with Gasteiger partial charge in [-0.1, -0.05) is 11.8 Å². The molecule has 1 saturated heterocycles. The van der Waals surface area contributed by atoms with Crippen molar-refractivity contribution in [3.05, 3.63) is 39.2 Å². The molecule has 10 nitrogen and oxygen atoms in total. The summed E-state index contributed by atoms with van der Waals surface area (Å²) in [5, 5.41) is 39.9. The minimum absolute atomic E-state index is 0.112. The number of halogens is 1. The third-order valence-corrected chi connectivity index (χ3v) is 4.68. The van der Waals surface area contributed by atoms with Gasteiger partial charge in [0, 0.05) is 32.3 Å². The van der Waals surface area contributed by atoms with Crippen molar-refractivity contribution in [1.82, 2.24) is 9.80 Å². The zero-order chi connectivity index (χ0) is 23.3. The van der Waals surface area contributed by atoms with Crippen LogP contribution in [0.25, 0.3) is 5.76 Å². The lowest BCUT2D eigenvalue weighted by molar-refractivity contribution is -0.386. The molecule has 11 heteroatoms. The number of phenolic OH excluding ortho intramolecular Hbond substituents is 1. The monoisotopic (exact) mass is 430 g/mol. The van der Waals surface area contributed by atoms with Crippen molar-refractivity contribution in [2.45, 2.75) is 12.8 Å². The minimum atomic E-state index is -1.40. The number of benzene rings is 1. The van der Waals surface area contributed by atoms with E-state index in [0.717, 1.165) is 11.3 Å². The van der Waals surface area contributed by atoms with E-state index in [4.69, 9.17) is 0 Å². The number of carbonyl (C=O) groups is 2. The first-order valence-corrected chi connectivity index (χ1v) is 9.07. The van der Waals surface area contributed by atoms with Crippen molar-refractivity contribution in [3.8, 4) is 23.7 Å². The number of nitriles is 1. The Morgan fingerprint density at radius 1 is 1.48 bits per heavy atom. The van der Waals surface area contributed by atoms with Gasteiger partial charge in [0.1, 0.15) is 11.8 Å². The standard InChI is InChI=1S/C20H19FN4O6/c1-23-7-3-5-12(19(23)28)6-4-8-24(2)20(29)14(11-22)17(26)13-9-15(21)18(27)16(10-13)25(30)31/h9-10,12,26-27H,3,5,7-8H2,1-2H3/b17-14-. The maximum Gasteiger partial charge on any atom is 0.314 e. The lowest BCUT2D eigenvalue weighted by Crippen LogP contribution is -2.37. The molecule has 1 aliphatic heterocycles. The summed E-state index contributed by atoms with van der Waals surface area (Å²) in [6, 6.07) is 2.70. The molecule has 1 heterocycles. The third-order valence-electron chi connectivity index (χ3n) is 4.68. The molecule has 1 aromatic rings. The molecule has 31 heavy (non-hydrogen) atoms. The van der Waals surface area contributed by atoms with Gasteiger partial charge in [-0.25, -0.2) is 4.39 Å². The molecule has 0 saturated carbocycles. The van der Waals surface area contributed by atoms with Crippen molar-refractivity contribution in [2.75, 3.05) is 27.2 Å². The number of hydrogen-bond acceptors (Lipinski definition) is 7. The summed E-state index contributed by atoms with van der Waals surface area (Å²) in [4.78, 5) is 37.0. The number of aliphatic hydroxyl groups is 1. The zero-order valence-corrected chi connectivity index (χ0v) is 16.8. The maximum absolute atomic E-state index is 13.8. The number of nitro benzene ring substituents is 1. The van der Waals surface area contributed by atoms with E-state index in [-0.39, 0.29) is 12.5 Å². The number of aliphatic hydroxyl groups excluding tert-OH is 1. The fraction of sp³-hybridized carbons (Fsp3) is 0.350. The number of rotatable bonds is 4. The van der Waals surface area contributed by atoms with Crippen molar-refractivity contribution >= 4 is 23.3 Å². The van der Waals surface area contributed by atoms with Crippen LogP contribution in [0, 0.1) is 45.0 Å². The number of nitrogens with zero attached hydrogens (tertiary/aromatic N) is 4. The van der Waals surface area contributed by atoms with Gasteiger partial charge in [0.25, 0.3) is 5.91 Å². The highest BCUT2D eigenvalue weighted by molar-refractivity contribution is 6.03. The van der Waals surface area contributed by atoms with Gasteiger partial charge in [0.15, 0.2) is 11.4 Å². The second kappa shape index (κ2) is 9.59. The summed E-state index contributed by atoms with van der Waals surface area (Å²) in [6.07, 6.45) is 1.41. The highest BCUT2D eigenvalue weighted by Crippen LogP contribution is 2.32. The molecule has 1 unspecified atom stereocenters. The second-order valence-corrected chi connectivity index (χ2v) is 6.86. The number of phenols is 1. The Morgan fingerprint density at radius 3 is 2.77 bits per heavy atom. The summed E-state index contributed by atoms with van der Waals surface area (Å²) in [6.45, 7) is 0.496. The number of piperidine rings is 1. The molecule has 0 radical (unpaired) electrons. The molecule has 0 aromatic heterocycles. The zero-order valence-electron chi connectivity index (χ0n) is 16.8. The predicted molar refractivity (Wildman–Crippen MR) is 106 cm³/mol. The third kappa shape index (κ3) is 5.08. The molecule has 2 amide bonds. The summed E-state index contributed by atoms with van der Waals surface area (Å²) in [5.41, 5.74) is -2.35. The van der Waals surface area contributed by atoms with Crippen LogP contribution < -0.4 is 0 Å². The lowest BCUT2D eigenvalue weighted by Gasteiger charge is -2.26. The molecule has 2 rings (SSSR count). The number of nitro groups is 1. The van der Waals surface area contributed by atoms with Gasteiger partial charge in [-0.15, -0.1) is 0 Å². The van der Waals surface area contributed by atoms with E-state index in [1.165, 1.54) is 13.1 Å². The lowest BCUT2D eigenvalue weighted by atomic mass is 9.98. The van der Waals surface area contributed by atoms with Crippen LogP contribution in [0.2, 0.25) is 0 Å².